The van der Waals surface area contributed by atoms with Crippen molar-refractivity contribution in [2.24, 2.45) is 0 Å². The van der Waals surface area contributed by atoms with E-state index in [0.29, 0.717) is 11.5 Å². The van der Waals surface area contributed by atoms with E-state index in [-0.39, 0.29) is 30.5 Å². The van der Waals surface area contributed by atoms with Gasteiger partial charge in [-0.25, -0.2) is 4.79 Å². The predicted molar refractivity (Wildman–Crippen MR) is 230 cm³/mol. The molecule has 2 N–H and O–H groups in total. The van der Waals surface area contributed by atoms with E-state index in [1.807, 2.05) is 103 Å². The van der Waals surface area contributed by atoms with Gasteiger partial charge in [0.15, 0.2) is 11.5 Å². The Morgan fingerprint density at radius 3 is 1.93 bits per heavy atom. The van der Waals surface area contributed by atoms with Gasteiger partial charge in [-0.3, -0.25) is 19.1 Å². The van der Waals surface area contributed by atoms with Gasteiger partial charge in [0.1, 0.15) is 29.7 Å². The van der Waals surface area contributed by atoms with Crippen LogP contribution in [0.3, 0.4) is 0 Å². The molecule has 9 rings (SSSR count). The van der Waals surface area contributed by atoms with Crippen LogP contribution in [0.15, 0.2) is 167 Å². The predicted octanol–water partition coefficient (Wildman–Crippen LogP) is 7.83. The number of hydrogen-bond donors (Lipinski definition) is 2. The Kier molecular flexibility index (Phi) is 9.81. The molecule has 0 saturated heterocycles. The minimum absolute atomic E-state index is 0.000416. The summed E-state index contributed by atoms with van der Waals surface area (Å²) in [5.41, 5.74) is 0.463. The summed E-state index contributed by atoms with van der Waals surface area (Å²) in [5, 5.41) is 18.6. The molecule has 2 heterocycles. The number of aliphatic hydroxyl groups excluding tert-OH is 1. The third-order valence-electron chi connectivity index (χ3n) is 11.6. The normalized spacial score (nSPS) is 15.4. The van der Waals surface area contributed by atoms with Crippen LogP contribution in [-0.4, -0.2) is 59.4 Å². The van der Waals surface area contributed by atoms with Crippen LogP contribution in [0.4, 0.5) is 0 Å². The SMILES string of the molecule is COc1ccc(C(OCC2=C(O)C(N(C)C(=O)Cc3ccc4ccc5cccc6ccc3c4c56)[C@H](n3ccc(=O)[nH]c3=O)O2)(c2ccccc2)c2ccc(OC)cc2)cc1. The Hall–Kier alpha value is -7.37. The average Bonchev–Trinajstić information content (AvgIpc) is 3.61. The molecule has 0 aliphatic carbocycles. The van der Waals surface area contributed by atoms with Gasteiger partial charge in [-0.15, -0.1) is 0 Å². The van der Waals surface area contributed by atoms with Crippen molar-refractivity contribution in [3.05, 3.63) is 200 Å². The van der Waals surface area contributed by atoms with Crippen LogP contribution < -0.4 is 20.7 Å². The zero-order valence-electron chi connectivity index (χ0n) is 33.1. The number of nitrogens with zero attached hydrogens (tertiary/aromatic N) is 2. The number of likely N-dealkylation sites (N-methyl/N-ethyl adjacent to an activating group) is 1. The van der Waals surface area contributed by atoms with Gasteiger partial charge in [0.2, 0.25) is 12.1 Å². The highest BCUT2D eigenvalue weighted by molar-refractivity contribution is 6.23. The minimum Gasteiger partial charge on any atom is -0.506 e. The van der Waals surface area contributed by atoms with E-state index in [0.717, 1.165) is 59.1 Å². The Balaban J connectivity index is 1.11. The average molecular weight is 800 g/mol. The van der Waals surface area contributed by atoms with Crippen LogP contribution in [-0.2, 0) is 26.3 Å². The zero-order chi connectivity index (χ0) is 41.5. The van der Waals surface area contributed by atoms with E-state index in [2.05, 4.69) is 35.3 Å². The van der Waals surface area contributed by atoms with Gasteiger partial charge >= 0.3 is 5.69 Å². The summed E-state index contributed by atoms with van der Waals surface area (Å²) >= 11 is 0. The van der Waals surface area contributed by atoms with E-state index in [1.54, 1.807) is 21.3 Å². The number of amides is 1. The van der Waals surface area contributed by atoms with Gasteiger partial charge in [0.25, 0.3) is 5.56 Å². The Morgan fingerprint density at radius 1 is 0.733 bits per heavy atom. The summed E-state index contributed by atoms with van der Waals surface area (Å²) < 4.78 is 25.6. The lowest BCUT2D eigenvalue weighted by Gasteiger charge is -2.36. The monoisotopic (exact) mass is 799 g/mol. The third-order valence-corrected chi connectivity index (χ3v) is 11.6. The van der Waals surface area contributed by atoms with Gasteiger partial charge in [0, 0.05) is 19.3 Å². The van der Waals surface area contributed by atoms with E-state index < -0.39 is 29.1 Å². The highest BCUT2D eigenvalue weighted by Gasteiger charge is 2.45. The summed E-state index contributed by atoms with van der Waals surface area (Å²) in [5.74, 6) is 0.692. The molecule has 0 radical (unpaired) electrons. The lowest BCUT2D eigenvalue weighted by atomic mass is 9.80. The summed E-state index contributed by atoms with van der Waals surface area (Å²) in [6.07, 6.45) is 0.0360. The molecule has 0 bridgehead atoms. The molecule has 0 saturated carbocycles. The van der Waals surface area contributed by atoms with Crippen LogP contribution in [0.2, 0.25) is 0 Å². The molecular formula is C49H41N3O8. The molecule has 1 unspecified atom stereocenters. The number of aromatic nitrogens is 2. The molecule has 7 aromatic carbocycles. The van der Waals surface area contributed by atoms with Gasteiger partial charge in [0.05, 0.1) is 20.6 Å². The summed E-state index contributed by atoms with van der Waals surface area (Å²) in [7, 11) is 4.76. The van der Waals surface area contributed by atoms with Crippen LogP contribution in [0, 0.1) is 0 Å². The molecular weight excluding hydrogens is 759 g/mol. The van der Waals surface area contributed by atoms with Crippen molar-refractivity contribution in [1.82, 2.24) is 14.5 Å². The standard InChI is InChI=1S/C49H41N3O8/c1-51(42(54)28-33-15-14-32-13-12-30-8-7-9-31-16-25-39(33)44(32)43(30)31)45-46(55)40(60-47(45)52-27-26-41(53)50-48(52)56)29-59-49(34-10-5-4-6-11-34,35-17-21-37(57-2)22-18-35)36-19-23-38(58-3)24-20-36/h4-27,45,47,55H,28-29H2,1-3H3,(H,50,53,56)/t45?,47-/m1/s1. The number of aromatic amines is 1. The second-order valence-corrected chi connectivity index (χ2v) is 14.8. The number of ether oxygens (including phenoxy) is 4. The Labute approximate surface area is 344 Å². The van der Waals surface area contributed by atoms with Gasteiger partial charge in [-0.2, -0.15) is 0 Å². The molecule has 1 aliphatic heterocycles. The number of hydrogen-bond acceptors (Lipinski definition) is 8. The van der Waals surface area contributed by atoms with E-state index in [4.69, 9.17) is 18.9 Å². The van der Waals surface area contributed by atoms with Crippen molar-refractivity contribution in [2.45, 2.75) is 24.3 Å². The lowest BCUT2D eigenvalue weighted by Crippen LogP contribution is -2.46. The lowest BCUT2D eigenvalue weighted by molar-refractivity contribution is -0.134. The van der Waals surface area contributed by atoms with Crippen LogP contribution in [0.1, 0.15) is 28.5 Å². The van der Waals surface area contributed by atoms with Crippen molar-refractivity contribution in [2.75, 3.05) is 27.9 Å². The van der Waals surface area contributed by atoms with Crippen LogP contribution in [0.25, 0.3) is 32.3 Å². The molecule has 1 aromatic heterocycles. The van der Waals surface area contributed by atoms with Crippen molar-refractivity contribution >= 4 is 38.2 Å². The van der Waals surface area contributed by atoms with E-state index >= 15 is 0 Å². The first-order valence-corrected chi connectivity index (χ1v) is 19.5. The van der Waals surface area contributed by atoms with Crippen LogP contribution in [0.5, 0.6) is 11.5 Å². The first-order valence-electron chi connectivity index (χ1n) is 19.5. The van der Waals surface area contributed by atoms with Gasteiger partial charge in [-0.05, 0) is 78.8 Å². The number of carbonyl (C=O) groups is 1. The first-order chi connectivity index (χ1) is 29.2. The molecule has 8 aromatic rings. The third kappa shape index (κ3) is 6.49. The number of benzene rings is 7. The number of aliphatic hydroxyl groups is 1. The number of nitrogens with one attached hydrogen (secondary N) is 1. The fourth-order valence-electron chi connectivity index (χ4n) is 8.53. The van der Waals surface area contributed by atoms with Crippen LogP contribution >= 0.6 is 0 Å². The van der Waals surface area contributed by atoms with Gasteiger partial charge in [-0.1, -0.05) is 109 Å². The Morgan fingerprint density at radius 2 is 1.32 bits per heavy atom. The number of methoxy groups -OCH3 is 2. The molecule has 60 heavy (non-hydrogen) atoms. The molecule has 300 valence electrons. The van der Waals surface area contributed by atoms with E-state index in [1.165, 1.54) is 17.2 Å². The molecule has 1 aliphatic rings. The van der Waals surface area contributed by atoms with Crippen molar-refractivity contribution in [3.8, 4) is 11.5 Å². The molecule has 0 spiro atoms. The topological polar surface area (TPSA) is 132 Å². The molecule has 1 amide bonds. The molecule has 0 fully saturated rings. The maximum Gasteiger partial charge on any atom is 0.331 e. The fraction of sp³-hybridized carbons (Fsp3) is 0.163. The van der Waals surface area contributed by atoms with Crippen molar-refractivity contribution in [1.29, 1.82) is 0 Å². The molecule has 11 heteroatoms. The summed E-state index contributed by atoms with van der Waals surface area (Å²) in [6.45, 7) is -0.291. The molecule has 2 atom stereocenters. The van der Waals surface area contributed by atoms with E-state index in [9.17, 15) is 19.5 Å². The first kappa shape index (κ1) is 38.2. The highest BCUT2D eigenvalue weighted by Crippen LogP contribution is 2.44. The second-order valence-electron chi connectivity index (χ2n) is 14.8. The number of carbonyl (C=O) groups excluding carboxylic acids is 1. The smallest absolute Gasteiger partial charge is 0.331 e. The van der Waals surface area contributed by atoms with Gasteiger partial charge < -0.3 is 29.0 Å². The van der Waals surface area contributed by atoms with Crippen molar-refractivity contribution < 1.29 is 28.8 Å². The fourth-order valence-corrected chi connectivity index (χ4v) is 8.53. The second kappa shape index (κ2) is 15.4. The Bertz CT molecular complexity index is 2950. The molecule has 11 nitrogen and oxygen atoms in total. The quantitative estimate of drug-likeness (QED) is 0.0945. The largest absolute Gasteiger partial charge is 0.506 e. The van der Waals surface area contributed by atoms with Crippen molar-refractivity contribution in [3.63, 3.8) is 0 Å². The maximum atomic E-state index is 14.4. The minimum atomic E-state index is -1.27. The summed E-state index contributed by atoms with van der Waals surface area (Å²) in [4.78, 5) is 43.6. The summed E-state index contributed by atoms with van der Waals surface area (Å²) in [6, 6.07) is 43.2. The maximum absolute atomic E-state index is 14.4. The number of rotatable bonds is 12. The zero-order valence-corrected chi connectivity index (χ0v) is 33.1. The number of H-pyrrole nitrogens is 1. The highest BCUT2D eigenvalue weighted by atomic mass is 16.6.